The predicted octanol–water partition coefficient (Wildman–Crippen LogP) is 16.8. The van der Waals surface area contributed by atoms with Gasteiger partial charge in [0.15, 0.2) is 0 Å². The maximum absolute atomic E-state index is 6.53. The fraction of sp³-hybridized carbons (Fsp3) is 0.0357. The lowest BCUT2D eigenvalue weighted by molar-refractivity contribution is 0.672. The lowest BCUT2D eigenvalue weighted by Gasteiger charge is -2.28. The van der Waals surface area contributed by atoms with E-state index in [2.05, 4.69) is 218 Å². The minimum atomic E-state index is 0.892. The van der Waals surface area contributed by atoms with Crippen molar-refractivity contribution in [1.82, 2.24) is 0 Å². The zero-order valence-corrected chi connectivity index (χ0v) is 33.4. The summed E-state index contributed by atoms with van der Waals surface area (Å²) in [7, 11) is 0. The number of fused-ring (bicyclic) bond motifs is 8. The molecule has 1 aliphatic carbocycles. The Morgan fingerprint density at radius 3 is 2.15 bits per heavy atom. The molecule has 0 saturated heterocycles. The highest BCUT2D eigenvalue weighted by atomic mass is 32.1. The third-order valence-corrected chi connectivity index (χ3v) is 12.9. The van der Waals surface area contributed by atoms with Crippen molar-refractivity contribution in [1.29, 1.82) is 0 Å². The summed E-state index contributed by atoms with van der Waals surface area (Å²) < 4.78 is 9.17. The van der Waals surface area contributed by atoms with Gasteiger partial charge in [-0.3, -0.25) is 0 Å². The summed E-state index contributed by atoms with van der Waals surface area (Å²) in [6, 6.07) is 61.8. The number of thiophene rings is 1. The molecule has 2 aromatic heterocycles. The maximum Gasteiger partial charge on any atom is 0.143 e. The van der Waals surface area contributed by atoms with Crippen molar-refractivity contribution in [3.8, 4) is 22.3 Å². The summed E-state index contributed by atoms with van der Waals surface area (Å²) in [5, 5.41) is 7.18. The zero-order chi connectivity index (χ0) is 39.3. The minimum absolute atomic E-state index is 0.892. The van der Waals surface area contributed by atoms with Crippen LogP contribution in [0.4, 0.5) is 17.1 Å². The second-order valence-electron chi connectivity index (χ2n) is 15.1. The molecule has 0 radical (unpaired) electrons. The first kappa shape index (κ1) is 35.0. The van der Waals surface area contributed by atoms with Gasteiger partial charge in [-0.05, 0) is 107 Å². The highest BCUT2D eigenvalue weighted by Crippen LogP contribution is 2.45. The number of allylic oxidation sites excluding steroid dienone is 8. The van der Waals surface area contributed by atoms with Crippen LogP contribution in [0.25, 0.3) is 80.7 Å². The second-order valence-corrected chi connectivity index (χ2v) is 16.2. The van der Waals surface area contributed by atoms with Crippen LogP contribution in [0.5, 0.6) is 0 Å². The Hall–Kier alpha value is -7.20. The van der Waals surface area contributed by atoms with Crippen molar-refractivity contribution in [2.75, 3.05) is 4.90 Å². The molecule has 0 unspecified atom stereocenters. The van der Waals surface area contributed by atoms with E-state index in [4.69, 9.17) is 4.42 Å². The van der Waals surface area contributed by atoms with Gasteiger partial charge in [0.05, 0.1) is 5.69 Å². The molecule has 1 aliphatic rings. The van der Waals surface area contributed by atoms with Gasteiger partial charge in [0, 0.05) is 53.3 Å². The lowest BCUT2D eigenvalue weighted by Crippen LogP contribution is -2.11. The predicted molar refractivity (Wildman–Crippen MR) is 254 cm³/mol. The molecule has 2 heterocycles. The molecule has 10 aromatic rings. The fourth-order valence-electron chi connectivity index (χ4n) is 8.83. The molecule has 0 N–H and O–H groups in total. The molecule has 8 aromatic carbocycles. The van der Waals surface area contributed by atoms with Crippen molar-refractivity contribution in [2.45, 2.75) is 13.3 Å². The SMILES string of the molecule is C/C=C\C(=C1\C=CC=CC1)c1ccc(N(c2ccc(-c3cccc4c3sc3ccccc34)cc2)c2ccccc2-c2ccc3oc4c5ccccc5ccc4c3c2)cc1. The van der Waals surface area contributed by atoms with Crippen molar-refractivity contribution in [3.63, 3.8) is 0 Å². The summed E-state index contributed by atoms with van der Waals surface area (Å²) in [6.07, 6.45) is 14.0. The molecular formula is C56H39NOS. The van der Waals surface area contributed by atoms with Crippen LogP contribution in [-0.2, 0) is 0 Å². The van der Waals surface area contributed by atoms with E-state index in [0.29, 0.717) is 0 Å². The molecule has 280 valence electrons. The van der Waals surface area contributed by atoms with Gasteiger partial charge in [0.1, 0.15) is 11.2 Å². The van der Waals surface area contributed by atoms with Crippen LogP contribution in [0.1, 0.15) is 18.9 Å². The molecule has 0 fully saturated rings. The summed E-state index contributed by atoms with van der Waals surface area (Å²) in [5.74, 6) is 0. The van der Waals surface area contributed by atoms with Crippen LogP contribution in [0.2, 0.25) is 0 Å². The van der Waals surface area contributed by atoms with Gasteiger partial charge in [-0.15, -0.1) is 11.3 Å². The number of anilines is 3. The van der Waals surface area contributed by atoms with Gasteiger partial charge in [0.25, 0.3) is 0 Å². The third-order valence-electron chi connectivity index (χ3n) is 11.7. The topological polar surface area (TPSA) is 16.4 Å². The number of para-hydroxylation sites is 1. The Morgan fingerprint density at radius 2 is 1.32 bits per heavy atom. The minimum Gasteiger partial charge on any atom is -0.455 e. The van der Waals surface area contributed by atoms with E-state index in [1.807, 2.05) is 11.3 Å². The van der Waals surface area contributed by atoms with Crippen LogP contribution in [0, 0.1) is 0 Å². The first-order chi connectivity index (χ1) is 29.2. The molecule has 59 heavy (non-hydrogen) atoms. The van der Waals surface area contributed by atoms with Crippen molar-refractivity contribution in [3.05, 3.63) is 217 Å². The molecule has 0 bridgehead atoms. The molecule has 3 heteroatoms. The first-order valence-corrected chi connectivity index (χ1v) is 21.1. The van der Waals surface area contributed by atoms with Crippen molar-refractivity contribution >= 4 is 86.9 Å². The average molecular weight is 774 g/mol. The molecular weight excluding hydrogens is 735 g/mol. The molecule has 2 nitrogen and oxygen atoms in total. The Kier molecular flexibility index (Phi) is 8.68. The zero-order valence-electron chi connectivity index (χ0n) is 32.6. The van der Waals surface area contributed by atoms with E-state index in [-0.39, 0.29) is 0 Å². The van der Waals surface area contributed by atoms with Gasteiger partial charge in [-0.25, -0.2) is 0 Å². The molecule has 0 atom stereocenters. The first-order valence-electron chi connectivity index (χ1n) is 20.3. The molecule has 0 aliphatic heterocycles. The van der Waals surface area contributed by atoms with Gasteiger partial charge in [-0.2, -0.15) is 0 Å². The Balaban J connectivity index is 1.06. The number of furan rings is 1. The number of nitrogens with zero attached hydrogens (tertiary/aromatic N) is 1. The largest absolute Gasteiger partial charge is 0.455 e. The number of hydrogen-bond donors (Lipinski definition) is 0. The summed E-state index contributed by atoms with van der Waals surface area (Å²) in [5.41, 5.74) is 13.6. The Labute approximate surface area is 347 Å². The number of hydrogen-bond acceptors (Lipinski definition) is 3. The second kappa shape index (κ2) is 14.6. The summed E-state index contributed by atoms with van der Waals surface area (Å²) in [6.45, 7) is 2.09. The van der Waals surface area contributed by atoms with Crippen molar-refractivity contribution < 1.29 is 4.42 Å². The molecule has 0 spiro atoms. The van der Waals surface area contributed by atoms with Crippen molar-refractivity contribution in [2.24, 2.45) is 0 Å². The van der Waals surface area contributed by atoms with Crippen LogP contribution in [0.3, 0.4) is 0 Å². The highest BCUT2D eigenvalue weighted by molar-refractivity contribution is 7.26. The van der Waals surface area contributed by atoms with Crippen LogP contribution in [-0.4, -0.2) is 0 Å². The average Bonchev–Trinajstić information content (AvgIpc) is 3.88. The van der Waals surface area contributed by atoms with E-state index in [0.717, 1.165) is 61.9 Å². The Morgan fingerprint density at radius 1 is 0.593 bits per heavy atom. The van der Waals surface area contributed by atoms with E-state index < -0.39 is 0 Å². The summed E-state index contributed by atoms with van der Waals surface area (Å²) >= 11 is 1.87. The smallest absolute Gasteiger partial charge is 0.143 e. The maximum atomic E-state index is 6.53. The quantitative estimate of drug-likeness (QED) is 0.160. The number of rotatable bonds is 7. The van der Waals surface area contributed by atoms with Crippen LogP contribution < -0.4 is 4.90 Å². The van der Waals surface area contributed by atoms with E-state index in [9.17, 15) is 0 Å². The molecule has 0 amide bonds. The van der Waals surface area contributed by atoms with Crippen LogP contribution in [0.15, 0.2) is 216 Å². The molecule has 0 saturated carbocycles. The normalized spacial score (nSPS) is 13.8. The lowest BCUT2D eigenvalue weighted by atomic mass is 9.94. The van der Waals surface area contributed by atoms with E-state index in [1.165, 1.54) is 53.4 Å². The standard InChI is InChI=1S/C56H39NOS/c1-2-13-44(37-14-4-3-5-15-37)39-24-30-42(31-25-39)57(43-32-26-40(27-33-43)47-20-12-21-50-48-19-9-11-23-54(48)59-56(47)50)52-22-10-8-17-45(52)41-29-35-53-51(36-41)49-34-28-38-16-6-7-18-46(38)55(49)58-53/h2-14,16-36H,15H2,1H3/b13-2-,44-37+. The molecule has 11 rings (SSSR count). The fourth-order valence-corrected chi connectivity index (χ4v) is 10.1. The third kappa shape index (κ3) is 6.10. The van der Waals surface area contributed by atoms with Crippen LogP contribution >= 0.6 is 11.3 Å². The van der Waals surface area contributed by atoms with Gasteiger partial charge in [0.2, 0.25) is 0 Å². The monoisotopic (exact) mass is 773 g/mol. The number of benzene rings is 8. The van der Waals surface area contributed by atoms with Gasteiger partial charge >= 0.3 is 0 Å². The van der Waals surface area contributed by atoms with E-state index in [1.54, 1.807) is 0 Å². The highest BCUT2D eigenvalue weighted by Gasteiger charge is 2.20. The van der Waals surface area contributed by atoms with Gasteiger partial charge < -0.3 is 9.32 Å². The van der Waals surface area contributed by atoms with Gasteiger partial charge in [-0.1, -0.05) is 152 Å². The van der Waals surface area contributed by atoms with E-state index >= 15 is 0 Å². The summed E-state index contributed by atoms with van der Waals surface area (Å²) in [4.78, 5) is 2.40. The Bertz CT molecular complexity index is 3350.